The molecule has 22 heavy (non-hydrogen) atoms. The van der Waals surface area contributed by atoms with Crippen LogP contribution in [0.25, 0.3) is 10.9 Å². The smallest absolute Gasteiger partial charge is 0.354 e. The topological polar surface area (TPSA) is 83.6 Å². The number of methoxy groups -OCH3 is 1. The van der Waals surface area contributed by atoms with Crippen molar-refractivity contribution in [3.8, 4) is 0 Å². The molecule has 118 valence electrons. The standard InChI is InChI=1S/C15H18N2O5/c1-3-22-15(18)14-10-11-9-12(17(19)20)5-6-13(11)16(14)7-4-8-21-2/h5-6,9-10H,3-4,7-8H2,1-2H3. The van der Waals surface area contributed by atoms with Gasteiger partial charge in [0.1, 0.15) is 5.69 Å². The molecule has 0 spiro atoms. The highest BCUT2D eigenvalue weighted by Crippen LogP contribution is 2.25. The first-order valence-corrected chi connectivity index (χ1v) is 7.02. The van der Waals surface area contributed by atoms with Gasteiger partial charge in [-0.15, -0.1) is 0 Å². The minimum absolute atomic E-state index is 0.00282. The van der Waals surface area contributed by atoms with Crippen LogP contribution in [-0.2, 0) is 16.0 Å². The van der Waals surface area contributed by atoms with Crippen LogP contribution in [0.1, 0.15) is 23.8 Å². The summed E-state index contributed by atoms with van der Waals surface area (Å²) in [7, 11) is 1.61. The van der Waals surface area contributed by atoms with Crippen molar-refractivity contribution >= 4 is 22.6 Å². The Labute approximate surface area is 127 Å². The van der Waals surface area contributed by atoms with E-state index in [1.165, 1.54) is 12.1 Å². The molecular weight excluding hydrogens is 288 g/mol. The second kappa shape index (κ2) is 7.04. The van der Waals surface area contributed by atoms with Crippen LogP contribution in [0.2, 0.25) is 0 Å². The van der Waals surface area contributed by atoms with Gasteiger partial charge in [-0.2, -0.15) is 0 Å². The molecule has 7 heteroatoms. The number of carbonyl (C=O) groups excluding carboxylic acids is 1. The highest BCUT2D eigenvalue weighted by Gasteiger charge is 2.18. The molecule has 2 aromatic rings. The maximum atomic E-state index is 12.1. The van der Waals surface area contributed by atoms with Gasteiger partial charge in [-0.25, -0.2) is 4.79 Å². The van der Waals surface area contributed by atoms with Crippen LogP contribution in [0, 0.1) is 10.1 Å². The van der Waals surface area contributed by atoms with Crippen molar-refractivity contribution in [2.75, 3.05) is 20.3 Å². The molecule has 1 aromatic carbocycles. The van der Waals surface area contributed by atoms with Crippen LogP contribution in [0.3, 0.4) is 0 Å². The number of carbonyl (C=O) groups is 1. The van der Waals surface area contributed by atoms with E-state index in [0.717, 1.165) is 11.9 Å². The molecule has 0 atom stereocenters. The van der Waals surface area contributed by atoms with Crippen LogP contribution in [-0.4, -0.2) is 35.8 Å². The summed E-state index contributed by atoms with van der Waals surface area (Å²) >= 11 is 0. The molecule has 0 unspecified atom stereocenters. The number of nitro groups is 1. The van der Waals surface area contributed by atoms with Gasteiger partial charge in [0.25, 0.3) is 5.69 Å². The third kappa shape index (κ3) is 3.25. The first-order chi connectivity index (χ1) is 10.6. The van der Waals surface area contributed by atoms with E-state index >= 15 is 0 Å². The van der Waals surface area contributed by atoms with E-state index in [1.807, 2.05) is 4.57 Å². The number of nitro benzene ring substituents is 1. The fourth-order valence-corrected chi connectivity index (χ4v) is 2.35. The molecule has 0 aliphatic carbocycles. The van der Waals surface area contributed by atoms with Crippen molar-refractivity contribution in [2.45, 2.75) is 19.9 Å². The van der Waals surface area contributed by atoms with Crippen molar-refractivity contribution in [1.29, 1.82) is 0 Å². The third-order valence-corrected chi connectivity index (χ3v) is 3.31. The number of ether oxygens (including phenoxy) is 2. The number of hydrogen-bond acceptors (Lipinski definition) is 5. The molecule has 0 N–H and O–H groups in total. The predicted molar refractivity (Wildman–Crippen MR) is 81.0 cm³/mol. The number of rotatable bonds is 7. The fraction of sp³-hybridized carbons (Fsp3) is 0.400. The summed E-state index contributed by atoms with van der Waals surface area (Å²) in [5.41, 5.74) is 1.16. The van der Waals surface area contributed by atoms with Crippen LogP contribution < -0.4 is 0 Å². The lowest BCUT2D eigenvalue weighted by Gasteiger charge is -2.09. The Balaban J connectivity index is 2.47. The van der Waals surface area contributed by atoms with Gasteiger partial charge < -0.3 is 14.0 Å². The van der Waals surface area contributed by atoms with Gasteiger partial charge in [0.2, 0.25) is 0 Å². The highest BCUT2D eigenvalue weighted by molar-refractivity contribution is 5.96. The van der Waals surface area contributed by atoms with Crippen molar-refractivity contribution in [3.05, 3.63) is 40.1 Å². The molecule has 0 aliphatic heterocycles. The Kier molecular flexibility index (Phi) is 5.11. The van der Waals surface area contributed by atoms with Crippen molar-refractivity contribution < 1.29 is 19.2 Å². The Morgan fingerprint density at radius 3 is 2.77 bits per heavy atom. The van der Waals surface area contributed by atoms with E-state index in [-0.39, 0.29) is 12.3 Å². The normalized spacial score (nSPS) is 10.8. The first kappa shape index (κ1) is 16.0. The zero-order chi connectivity index (χ0) is 16.1. The summed E-state index contributed by atoms with van der Waals surface area (Å²) in [6, 6.07) is 6.19. The van der Waals surface area contributed by atoms with Gasteiger partial charge in [0.15, 0.2) is 0 Å². The SMILES string of the molecule is CCOC(=O)c1cc2cc([N+](=O)[O-])ccc2n1CCCOC. The van der Waals surface area contributed by atoms with E-state index in [9.17, 15) is 14.9 Å². The predicted octanol–water partition coefficient (Wildman–Crippen LogP) is 2.76. The third-order valence-electron chi connectivity index (χ3n) is 3.31. The highest BCUT2D eigenvalue weighted by atomic mass is 16.6. The van der Waals surface area contributed by atoms with E-state index < -0.39 is 10.9 Å². The average Bonchev–Trinajstić information content (AvgIpc) is 2.86. The summed E-state index contributed by atoms with van der Waals surface area (Å²) in [6.45, 7) is 3.15. The van der Waals surface area contributed by atoms with Crippen molar-refractivity contribution in [1.82, 2.24) is 4.57 Å². The van der Waals surface area contributed by atoms with Crippen LogP contribution >= 0.6 is 0 Å². The molecule has 7 nitrogen and oxygen atoms in total. The van der Waals surface area contributed by atoms with Gasteiger partial charge in [-0.05, 0) is 25.5 Å². The molecule has 0 bridgehead atoms. The van der Waals surface area contributed by atoms with E-state index in [1.54, 1.807) is 26.2 Å². The maximum Gasteiger partial charge on any atom is 0.354 e. The van der Waals surface area contributed by atoms with Crippen LogP contribution in [0.15, 0.2) is 24.3 Å². The lowest BCUT2D eigenvalue weighted by molar-refractivity contribution is -0.384. The lowest BCUT2D eigenvalue weighted by Crippen LogP contribution is -2.13. The Bertz CT molecular complexity index is 693. The van der Waals surface area contributed by atoms with Gasteiger partial charge >= 0.3 is 5.97 Å². The van der Waals surface area contributed by atoms with Crippen molar-refractivity contribution in [2.24, 2.45) is 0 Å². The number of aromatic nitrogens is 1. The monoisotopic (exact) mass is 306 g/mol. The summed E-state index contributed by atoms with van der Waals surface area (Å²) in [4.78, 5) is 22.5. The zero-order valence-electron chi connectivity index (χ0n) is 12.6. The molecule has 0 radical (unpaired) electrons. The molecule has 0 saturated carbocycles. The van der Waals surface area contributed by atoms with Gasteiger partial charge in [0, 0.05) is 43.3 Å². The largest absolute Gasteiger partial charge is 0.461 e. The number of aryl methyl sites for hydroxylation is 1. The minimum Gasteiger partial charge on any atom is -0.461 e. The number of benzene rings is 1. The quantitative estimate of drug-likeness (QED) is 0.340. The number of esters is 1. The Morgan fingerprint density at radius 2 is 2.14 bits per heavy atom. The van der Waals surface area contributed by atoms with E-state index in [0.29, 0.717) is 24.2 Å². The number of hydrogen-bond donors (Lipinski definition) is 0. The molecule has 0 amide bonds. The number of non-ortho nitro benzene ring substituents is 1. The van der Waals surface area contributed by atoms with Gasteiger partial charge in [-0.3, -0.25) is 10.1 Å². The Morgan fingerprint density at radius 1 is 1.36 bits per heavy atom. The lowest BCUT2D eigenvalue weighted by atomic mass is 10.2. The van der Waals surface area contributed by atoms with Gasteiger partial charge in [0.05, 0.1) is 11.5 Å². The van der Waals surface area contributed by atoms with E-state index in [2.05, 4.69) is 0 Å². The van der Waals surface area contributed by atoms with E-state index in [4.69, 9.17) is 9.47 Å². The zero-order valence-corrected chi connectivity index (χ0v) is 12.6. The molecule has 0 aliphatic rings. The minimum atomic E-state index is -0.453. The van der Waals surface area contributed by atoms with Crippen LogP contribution in [0.4, 0.5) is 5.69 Å². The molecule has 0 saturated heterocycles. The van der Waals surface area contributed by atoms with Crippen LogP contribution in [0.5, 0.6) is 0 Å². The maximum absolute atomic E-state index is 12.1. The van der Waals surface area contributed by atoms with Gasteiger partial charge in [-0.1, -0.05) is 0 Å². The summed E-state index contributed by atoms with van der Waals surface area (Å²) in [5.74, 6) is -0.432. The molecule has 2 rings (SSSR count). The second-order valence-corrected chi connectivity index (χ2v) is 4.75. The summed E-state index contributed by atoms with van der Waals surface area (Å²) in [5, 5.41) is 11.5. The molecule has 1 heterocycles. The number of nitrogens with zero attached hydrogens (tertiary/aromatic N) is 2. The molecule has 0 fully saturated rings. The second-order valence-electron chi connectivity index (χ2n) is 4.75. The fourth-order valence-electron chi connectivity index (χ4n) is 2.35. The summed E-state index contributed by atoms with van der Waals surface area (Å²) in [6.07, 6.45) is 0.726. The first-order valence-electron chi connectivity index (χ1n) is 7.02. The van der Waals surface area contributed by atoms with Crippen molar-refractivity contribution in [3.63, 3.8) is 0 Å². The summed E-state index contributed by atoms with van der Waals surface area (Å²) < 4.78 is 11.9. The Hall–Kier alpha value is -2.41. The molecular formula is C15H18N2O5. The average molecular weight is 306 g/mol. The number of fused-ring (bicyclic) bond motifs is 1. The molecule has 1 aromatic heterocycles.